The van der Waals surface area contributed by atoms with Crippen LogP contribution in [0.4, 0.5) is 10.6 Å². The van der Waals surface area contributed by atoms with Crippen LogP contribution in [-0.4, -0.2) is 53.0 Å². The second-order valence-corrected chi connectivity index (χ2v) is 9.76. The van der Waals surface area contributed by atoms with Crippen LogP contribution in [0.5, 0.6) is 5.75 Å². The van der Waals surface area contributed by atoms with Gasteiger partial charge in [0.1, 0.15) is 24.5 Å². The first-order chi connectivity index (χ1) is 15.8. The van der Waals surface area contributed by atoms with Crippen LogP contribution in [0, 0.1) is 0 Å². The third-order valence-electron chi connectivity index (χ3n) is 4.48. The molecule has 0 radical (unpaired) electrons. The van der Waals surface area contributed by atoms with Crippen molar-refractivity contribution in [3.05, 3.63) is 52.8 Å². The number of ether oxygens (including phenoxy) is 3. The maximum absolute atomic E-state index is 12.8. The quantitative estimate of drug-likeness (QED) is 0.297. The zero-order valence-corrected chi connectivity index (χ0v) is 20.7. The summed E-state index contributed by atoms with van der Waals surface area (Å²) >= 11 is 3.54. The number of aromatic nitrogens is 2. The zero-order chi connectivity index (χ0) is 23.8. The van der Waals surface area contributed by atoms with Gasteiger partial charge in [-0.15, -0.1) is 0 Å². The van der Waals surface area contributed by atoms with E-state index in [0.29, 0.717) is 29.6 Å². The van der Waals surface area contributed by atoms with Gasteiger partial charge in [-0.2, -0.15) is 0 Å². The van der Waals surface area contributed by atoms with Crippen LogP contribution in [-0.2, 0) is 25.8 Å². The van der Waals surface area contributed by atoms with Gasteiger partial charge in [0.2, 0.25) is 0 Å². The van der Waals surface area contributed by atoms with Gasteiger partial charge in [-0.3, -0.25) is 0 Å². The summed E-state index contributed by atoms with van der Waals surface area (Å²) in [4.78, 5) is 20.7. The van der Waals surface area contributed by atoms with Gasteiger partial charge in [-0.05, 0) is 52.5 Å². The molecule has 2 aromatic carbocycles. The summed E-state index contributed by atoms with van der Waals surface area (Å²) < 4.78 is 31.7. The highest BCUT2D eigenvalue weighted by Gasteiger charge is 2.14. The number of nitrogens with one attached hydrogen (secondary N) is 2. The van der Waals surface area contributed by atoms with Crippen molar-refractivity contribution >= 4 is 54.3 Å². The number of nitrogens with zero attached hydrogens (tertiary/aromatic N) is 2. The molecule has 1 atom stereocenters. The molecule has 0 aliphatic carbocycles. The highest BCUT2D eigenvalue weighted by atomic mass is 79.9. The minimum absolute atomic E-state index is 0.172. The first kappa shape index (κ1) is 24.7. The number of hydrogen-bond donors (Lipinski definition) is 2. The molecule has 176 valence electrons. The summed E-state index contributed by atoms with van der Waals surface area (Å²) in [7, 11) is -1.42. The Balaban J connectivity index is 1.76. The Morgan fingerprint density at radius 2 is 2.06 bits per heavy atom. The van der Waals surface area contributed by atoms with Crippen molar-refractivity contribution < 1.29 is 23.2 Å². The van der Waals surface area contributed by atoms with Gasteiger partial charge >= 0.3 is 6.09 Å². The first-order valence-electron chi connectivity index (χ1n) is 10.0. The van der Waals surface area contributed by atoms with E-state index in [1.807, 2.05) is 18.2 Å². The molecule has 3 aromatic rings. The first-order valence-corrected chi connectivity index (χ1v) is 12.6. The number of carbonyl (C=O) groups is 1. The summed E-state index contributed by atoms with van der Waals surface area (Å²) in [6, 6.07) is 10.6. The number of halogens is 1. The molecule has 0 saturated heterocycles. The van der Waals surface area contributed by atoms with Gasteiger partial charge < -0.3 is 19.5 Å². The van der Waals surface area contributed by atoms with E-state index >= 15 is 0 Å². The fourth-order valence-corrected chi connectivity index (χ4v) is 4.48. The molecule has 1 unspecified atom stereocenters. The molecular formula is C22H25BrN4O5S. The number of benzene rings is 2. The Morgan fingerprint density at radius 1 is 1.24 bits per heavy atom. The largest absolute Gasteiger partial charge is 0.488 e. The molecular weight excluding hydrogens is 512 g/mol. The lowest BCUT2D eigenvalue weighted by Crippen LogP contribution is -2.31. The second-order valence-electron chi connectivity index (χ2n) is 6.88. The lowest BCUT2D eigenvalue weighted by atomic mass is 10.2. The minimum atomic E-state index is -3.06. The van der Waals surface area contributed by atoms with E-state index in [1.54, 1.807) is 32.2 Å². The van der Waals surface area contributed by atoms with E-state index in [1.165, 1.54) is 6.33 Å². The molecule has 0 fully saturated rings. The Labute approximate surface area is 201 Å². The van der Waals surface area contributed by atoms with Crippen molar-refractivity contribution in [2.75, 3.05) is 32.2 Å². The summed E-state index contributed by atoms with van der Waals surface area (Å²) in [6.45, 7) is 3.22. The summed E-state index contributed by atoms with van der Waals surface area (Å²) in [5, 5.41) is 4.07. The van der Waals surface area contributed by atoms with E-state index < -0.39 is 15.8 Å². The van der Waals surface area contributed by atoms with Crippen LogP contribution in [0.1, 0.15) is 12.5 Å². The van der Waals surface area contributed by atoms with Crippen molar-refractivity contribution in [2.24, 2.45) is 0 Å². The Hall–Kier alpha value is -2.89. The van der Waals surface area contributed by atoms with Gasteiger partial charge in [0, 0.05) is 25.1 Å². The molecule has 0 saturated carbocycles. The Morgan fingerprint density at radius 3 is 2.82 bits per heavy atom. The Bertz CT molecular complexity index is 1240. The SMILES string of the molecule is C=S(=O)(NC(=O)OCC)c1cccc(COc2cc3ncnc(NCCOC)c3cc2Br)c1. The standard InChI is InChI=1S/C22H25BrN4O5S/c1-4-31-22(28)27-33(3,29)16-7-5-6-15(10-16)13-32-20-12-19-17(11-18(20)23)21(26-14-25-19)24-8-9-30-2/h5-7,10-12,14H,3-4,8-9,13H2,1-2H3,(H,24,25,26)(H,27,28,29). The van der Waals surface area contributed by atoms with Crippen LogP contribution in [0.3, 0.4) is 0 Å². The molecule has 0 bridgehead atoms. The third-order valence-corrected chi connectivity index (χ3v) is 6.62. The molecule has 33 heavy (non-hydrogen) atoms. The molecule has 1 amide bonds. The van der Waals surface area contributed by atoms with Crippen molar-refractivity contribution in [1.82, 2.24) is 14.7 Å². The van der Waals surface area contributed by atoms with Crippen LogP contribution in [0.2, 0.25) is 0 Å². The number of amides is 1. The molecule has 0 aliphatic heterocycles. The fourth-order valence-electron chi connectivity index (χ4n) is 2.94. The molecule has 2 N–H and O–H groups in total. The number of fused-ring (bicyclic) bond motifs is 1. The normalized spacial score (nSPS) is 12.7. The van der Waals surface area contributed by atoms with Crippen molar-refractivity contribution in [3.63, 3.8) is 0 Å². The zero-order valence-electron chi connectivity index (χ0n) is 18.3. The summed E-state index contributed by atoms with van der Waals surface area (Å²) in [6.07, 6.45) is 0.706. The van der Waals surface area contributed by atoms with E-state index in [0.717, 1.165) is 20.9 Å². The van der Waals surface area contributed by atoms with Crippen molar-refractivity contribution in [3.8, 4) is 5.75 Å². The van der Waals surface area contributed by atoms with Crippen LogP contribution in [0.25, 0.3) is 10.9 Å². The Kier molecular flexibility index (Phi) is 8.48. The topological polar surface area (TPSA) is 112 Å². The number of rotatable bonds is 10. The van der Waals surface area contributed by atoms with E-state index in [4.69, 9.17) is 14.2 Å². The maximum Gasteiger partial charge on any atom is 0.418 e. The maximum atomic E-state index is 12.8. The highest BCUT2D eigenvalue weighted by Crippen LogP contribution is 2.32. The predicted octanol–water partition coefficient (Wildman–Crippen LogP) is 3.77. The predicted molar refractivity (Wildman–Crippen MR) is 132 cm³/mol. The monoisotopic (exact) mass is 536 g/mol. The summed E-state index contributed by atoms with van der Waals surface area (Å²) in [5.41, 5.74) is 1.47. The molecule has 11 heteroatoms. The van der Waals surface area contributed by atoms with Crippen LogP contribution >= 0.6 is 15.9 Å². The molecule has 1 heterocycles. The molecule has 1 aromatic heterocycles. The number of anilines is 1. The molecule has 0 spiro atoms. The lowest BCUT2D eigenvalue weighted by molar-refractivity contribution is 0.159. The molecule has 3 rings (SSSR count). The average molecular weight is 537 g/mol. The van der Waals surface area contributed by atoms with E-state index in [9.17, 15) is 9.00 Å². The number of hydrogen-bond acceptors (Lipinski definition) is 8. The lowest BCUT2D eigenvalue weighted by Gasteiger charge is -2.14. The van der Waals surface area contributed by atoms with E-state index in [2.05, 4.69) is 41.8 Å². The second kappa shape index (κ2) is 11.3. The van der Waals surface area contributed by atoms with Gasteiger partial charge in [-0.1, -0.05) is 12.1 Å². The van der Waals surface area contributed by atoms with E-state index in [-0.39, 0.29) is 13.2 Å². The van der Waals surface area contributed by atoms with Gasteiger partial charge in [0.15, 0.2) is 0 Å². The van der Waals surface area contributed by atoms with Crippen molar-refractivity contribution in [1.29, 1.82) is 0 Å². The smallest absolute Gasteiger partial charge is 0.418 e. The number of carbonyl (C=O) groups excluding carboxylic acids is 1. The minimum Gasteiger partial charge on any atom is -0.488 e. The number of methoxy groups -OCH3 is 1. The average Bonchev–Trinajstić information content (AvgIpc) is 2.78. The highest BCUT2D eigenvalue weighted by molar-refractivity contribution is 9.10. The van der Waals surface area contributed by atoms with Crippen LogP contribution < -0.4 is 14.8 Å². The van der Waals surface area contributed by atoms with Gasteiger partial charge in [0.05, 0.1) is 37.8 Å². The van der Waals surface area contributed by atoms with Gasteiger partial charge in [0.25, 0.3) is 0 Å². The fraction of sp³-hybridized carbons (Fsp3) is 0.273. The molecule has 9 nitrogen and oxygen atoms in total. The van der Waals surface area contributed by atoms with Crippen LogP contribution in [0.15, 0.2) is 52.1 Å². The van der Waals surface area contributed by atoms with Gasteiger partial charge in [-0.25, -0.2) is 23.7 Å². The third kappa shape index (κ3) is 6.56. The molecule has 0 aliphatic rings. The summed E-state index contributed by atoms with van der Waals surface area (Å²) in [5.74, 6) is 4.94. The van der Waals surface area contributed by atoms with Crippen molar-refractivity contribution in [2.45, 2.75) is 18.4 Å².